The molecule has 0 spiro atoms. The predicted octanol–water partition coefficient (Wildman–Crippen LogP) is 3.10. The molecular weight excluding hydrogens is 392 g/mol. The van der Waals surface area contributed by atoms with Crippen molar-refractivity contribution in [1.82, 2.24) is 4.98 Å². The van der Waals surface area contributed by atoms with Crippen LogP contribution in [0.5, 0.6) is 17.2 Å². The quantitative estimate of drug-likeness (QED) is 0.617. The van der Waals surface area contributed by atoms with E-state index in [1.807, 2.05) is 43.5 Å². The van der Waals surface area contributed by atoms with Crippen LogP contribution < -0.4 is 30.5 Å². The lowest BCUT2D eigenvalue weighted by molar-refractivity contribution is 0.100. The van der Waals surface area contributed by atoms with Gasteiger partial charge in [0.2, 0.25) is 11.7 Å². The Balaban J connectivity index is 2.14. The first-order valence-electron chi connectivity index (χ1n) is 9.68. The number of methoxy groups -OCH3 is 3. The lowest BCUT2D eigenvalue weighted by atomic mass is 10.00. The standard InChI is InChI=1S/C25H26N2O4/c1-6-16(19-12-22(29-3)24(31-5)23(13-19)30-4)11-20-15(2)27-14-21(20)17-7-9-18(10-8-17)25(26)28/h6-14,27H,2H2,1,3-5H3,(H2,26,28)/b16-6+,20-11+. The molecule has 31 heavy (non-hydrogen) atoms. The molecule has 3 aromatic rings. The maximum atomic E-state index is 11.4. The number of hydrogen-bond donors (Lipinski definition) is 2. The minimum atomic E-state index is -0.455. The summed E-state index contributed by atoms with van der Waals surface area (Å²) in [5.74, 6) is 1.24. The van der Waals surface area contributed by atoms with Gasteiger partial charge < -0.3 is 24.9 Å². The van der Waals surface area contributed by atoms with Crippen LogP contribution in [-0.2, 0) is 0 Å². The summed E-state index contributed by atoms with van der Waals surface area (Å²) in [5, 5.41) is 1.72. The van der Waals surface area contributed by atoms with E-state index in [9.17, 15) is 4.79 Å². The molecule has 0 unspecified atom stereocenters. The summed E-state index contributed by atoms with van der Waals surface area (Å²) in [6.45, 7) is 6.09. The van der Waals surface area contributed by atoms with E-state index in [-0.39, 0.29) is 0 Å². The summed E-state index contributed by atoms with van der Waals surface area (Å²) < 4.78 is 16.4. The fourth-order valence-corrected chi connectivity index (χ4v) is 3.43. The molecule has 3 N–H and O–H groups in total. The summed E-state index contributed by atoms with van der Waals surface area (Å²) in [6.07, 6.45) is 5.96. The van der Waals surface area contributed by atoms with Crippen LogP contribution in [0.2, 0.25) is 0 Å². The zero-order valence-electron chi connectivity index (χ0n) is 18.1. The molecule has 2 aromatic carbocycles. The SMILES string of the molecule is C=c1[nH]cc(-c2ccc(C(N)=O)cc2)/c1=C/C(=C\C)c1cc(OC)c(OC)c(OC)c1. The van der Waals surface area contributed by atoms with Crippen molar-refractivity contribution in [2.24, 2.45) is 5.73 Å². The lowest BCUT2D eigenvalue weighted by Gasteiger charge is -2.14. The molecule has 1 aromatic heterocycles. The molecule has 0 aliphatic heterocycles. The number of nitrogens with two attached hydrogens (primary N) is 1. The number of carbonyl (C=O) groups is 1. The van der Waals surface area contributed by atoms with Crippen LogP contribution in [0.25, 0.3) is 29.4 Å². The summed E-state index contributed by atoms with van der Waals surface area (Å²) in [4.78, 5) is 14.6. The number of H-pyrrole nitrogens is 1. The molecule has 0 aliphatic carbocycles. The summed E-state index contributed by atoms with van der Waals surface area (Å²) >= 11 is 0. The fourth-order valence-electron chi connectivity index (χ4n) is 3.43. The molecule has 6 nitrogen and oxygen atoms in total. The Morgan fingerprint density at radius 1 is 1.00 bits per heavy atom. The molecule has 0 saturated heterocycles. The monoisotopic (exact) mass is 418 g/mol. The number of amides is 1. The number of aromatic amines is 1. The van der Waals surface area contributed by atoms with Crippen LogP contribution in [0.4, 0.5) is 0 Å². The van der Waals surface area contributed by atoms with Crippen molar-refractivity contribution in [3.63, 3.8) is 0 Å². The van der Waals surface area contributed by atoms with Crippen molar-refractivity contribution >= 4 is 24.1 Å². The molecule has 0 atom stereocenters. The predicted molar refractivity (Wildman–Crippen MR) is 124 cm³/mol. The maximum absolute atomic E-state index is 11.4. The Morgan fingerprint density at radius 3 is 2.10 bits per heavy atom. The number of aromatic nitrogens is 1. The van der Waals surface area contributed by atoms with Gasteiger partial charge in [0.15, 0.2) is 11.5 Å². The van der Waals surface area contributed by atoms with Gasteiger partial charge in [0.1, 0.15) is 0 Å². The van der Waals surface area contributed by atoms with Gasteiger partial charge in [0.25, 0.3) is 0 Å². The topological polar surface area (TPSA) is 86.6 Å². The first kappa shape index (κ1) is 21.8. The largest absolute Gasteiger partial charge is 0.493 e. The Morgan fingerprint density at radius 2 is 1.61 bits per heavy atom. The van der Waals surface area contributed by atoms with Crippen molar-refractivity contribution in [3.8, 4) is 28.4 Å². The van der Waals surface area contributed by atoms with Crippen molar-refractivity contribution in [2.45, 2.75) is 6.92 Å². The van der Waals surface area contributed by atoms with E-state index in [4.69, 9.17) is 19.9 Å². The van der Waals surface area contributed by atoms with E-state index >= 15 is 0 Å². The average molecular weight is 418 g/mol. The number of rotatable bonds is 7. The number of primary amides is 1. The second-order valence-electron chi connectivity index (χ2n) is 6.84. The van der Waals surface area contributed by atoms with Crippen LogP contribution in [0, 0.1) is 0 Å². The Bertz CT molecular complexity index is 1210. The van der Waals surface area contributed by atoms with Crippen LogP contribution >= 0.6 is 0 Å². The summed E-state index contributed by atoms with van der Waals surface area (Å²) in [7, 11) is 4.76. The van der Waals surface area contributed by atoms with E-state index in [1.54, 1.807) is 33.5 Å². The molecule has 160 valence electrons. The van der Waals surface area contributed by atoms with E-state index in [0.29, 0.717) is 22.8 Å². The fraction of sp³-hybridized carbons (Fsp3) is 0.160. The number of benzene rings is 2. The highest BCUT2D eigenvalue weighted by Gasteiger charge is 2.15. The smallest absolute Gasteiger partial charge is 0.248 e. The van der Waals surface area contributed by atoms with Crippen molar-refractivity contribution in [1.29, 1.82) is 0 Å². The molecule has 1 amide bonds. The van der Waals surface area contributed by atoms with Gasteiger partial charge in [0.05, 0.1) is 21.3 Å². The van der Waals surface area contributed by atoms with Crippen LogP contribution in [0.1, 0.15) is 22.8 Å². The third kappa shape index (κ3) is 4.33. The molecule has 0 saturated carbocycles. The van der Waals surface area contributed by atoms with Crippen LogP contribution in [0.15, 0.2) is 48.7 Å². The van der Waals surface area contributed by atoms with Gasteiger partial charge in [-0.2, -0.15) is 0 Å². The van der Waals surface area contributed by atoms with Crippen LogP contribution in [0.3, 0.4) is 0 Å². The molecular formula is C25H26N2O4. The minimum Gasteiger partial charge on any atom is -0.493 e. The molecule has 6 heteroatoms. The van der Waals surface area contributed by atoms with Gasteiger partial charge in [-0.05, 0) is 54.0 Å². The van der Waals surface area contributed by atoms with Crippen molar-refractivity contribution < 1.29 is 19.0 Å². The maximum Gasteiger partial charge on any atom is 0.248 e. The number of carbonyl (C=O) groups excluding carboxylic acids is 1. The van der Waals surface area contributed by atoms with E-state index in [1.165, 1.54) is 0 Å². The molecule has 3 rings (SSSR count). The Labute approximate surface area is 181 Å². The van der Waals surface area contributed by atoms with Gasteiger partial charge in [-0.15, -0.1) is 0 Å². The normalized spacial score (nSPS) is 12.0. The molecule has 1 heterocycles. The Hall–Kier alpha value is -3.93. The average Bonchev–Trinajstić information content (AvgIpc) is 3.16. The number of hydrogen-bond acceptors (Lipinski definition) is 4. The second kappa shape index (κ2) is 9.26. The van der Waals surface area contributed by atoms with Crippen molar-refractivity contribution in [3.05, 3.63) is 70.4 Å². The Kier molecular flexibility index (Phi) is 6.50. The first-order chi connectivity index (χ1) is 14.9. The van der Waals surface area contributed by atoms with Crippen LogP contribution in [-0.4, -0.2) is 32.2 Å². The lowest BCUT2D eigenvalue weighted by Crippen LogP contribution is -2.22. The van der Waals surface area contributed by atoms with E-state index < -0.39 is 5.91 Å². The summed E-state index contributed by atoms with van der Waals surface area (Å²) in [5.41, 5.74) is 9.60. The van der Waals surface area contributed by atoms with E-state index in [0.717, 1.165) is 32.8 Å². The highest BCUT2D eigenvalue weighted by atomic mass is 16.5. The first-order valence-corrected chi connectivity index (χ1v) is 9.68. The molecule has 0 radical (unpaired) electrons. The van der Waals surface area contributed by atoms with Gasteiger partial charge in [0, 0.05) is 27.9 Å². The van der Waals surface area contributed by atoms with Gasteiger partial charge in [-0.1, -0.05) is 24.8 Å². The van der Waals surface area contributed by atoms with Crippen molar-refractivity contribution in [2.75, 3.05) is 21.3 Å². The highest BCUT2D eigenvalue weighted by molar-refractivity contribution is 5.94. The van der Waals surface area contributed by atoms with E-state index in [2.05, 4.69) is 17.6 Å². The summed E-state index contributed by atoms with van der Waals surface area (Å²) in [6, 6.07) is 11.0. The third-order valence-corrected chi connectivity index (χ3v) is 5.10. The minimum absolute atomic E-state index is 0.455. The number of nitrogens with one attached hydrogen (secondary N) is 1. The van der Waals surface area contributed by atoms with Gasteiger partial charge >= 0.3 is 0 Å². The number of allylic oxidation sites excluding steroid dienone is 2. The van der Waals surface area contributed by atoms with Gasteiger partial charge in [-0.3, -0.25) is 4.79 Å². The highest BCUT2D eigenvalue weighted by Crippen LogP contribution is 2.40. The number of ether oxygens (including phenoxy) is 3. The molecule has 0 aliphatic rings. The third-order valence-electron chi connectivity index (χ3n) is 5.10. The zero-order chi connectivity index (χ0) is 22.5. The molecule has 0 fully saturated rings. The second-order valence-corrected chi connectivity index (χ2v) is 6.84. The van der Waals surface area contributed by atoms with Gasteiger partial charge in [-0.25, -0.2) is 0 Å². The zero-order valence-corrected chi connectivity index (χ0v) is 18.1. The molecule has 0 bridgehead atoms.